The fraction of sp³-hybridized carbons (Fsp3) is 0.533. The van der Waals surface area contributed by atoms with Gasteiger partial charge in [-0.3, -0.25) is 4.79 Å². The van der Waals surface area contributed by atoms with Crippen LogP contribution in [0.1, 0.15) is 39.2 Å². The van der Waals surface area contributed by atoms with E-state index in [-0.39, 0.29) is 28.7 Å². The number of rotatable bonds is 5. The highest BCUT2D eigenvalue weighted by molar-refractivity contribution is 6.30. The standard InChI is InChI=1S/C15H21ClFNO/c1-15(2,3)9-11(18)8-12(19)6-10-4-5-13(16)14(17)7-10/h4-5,7,11H,6,8-9,18H2,1-3H3. The molecule has 0 saturated carbocycles. The number of ketones is 1. The summed E-state index contributed by atoms with van der Waals surface area (Å²) < 4.78 is 13.2. The Labute approximate surface area is 119 Å². The third-order valence-electron chi connectivity index (χ3n) is 2.75. The molecule has 0 aliphatic heterocycles. The van der Waals surface area contributed by atoms with Crippen LogP contribution in [-0.2, 0) is 11.2 Å². The molecular weight excluding hydrogens is 265 g/mol. The van der Waals surface area contributed by atoms with Crippen LogP contribution in [-0.4, -0.2) is 11.8 Å². The molecule has 0 radical (unpaired) electrons. The molecule has 0 aliphatic rings. The highest BCUT2D eigenvalue weighted by Gasteiger charge is 2.18. The largest absolute Gasteiger partial charge is 0.327 e. The molecule has 0 aromatic heterocycles. The van der Waals surface area contributed by atoms with E-state index in [0.29, 0.717) is 12.0 Å². The number of nitrogens with two attached hydrogens (primary N) is 1. The third kappa shape index (κ3) is 6.17. The minimum absolute atomic E-state index is 0.0264. The van der Waals surface area contributed by atoms with E-state index in [0.717, 1.165) is 6.42 Å². The molecule has 1 aromatic rings. The number of benzene rings is 1. The Morgan fingerprint density at radius 3 is 2.58 bits per heavy atom. The summed E-state index contributed by atoms with van der Waals surface area (Å²) in [6, 6.07) is 4.28. The minimum Gasteiger partial charge on any atom is -0.327 e. The predicted octanol–water partition coefficient (Wildman–Crippen LogP) is 3.74. The van der Waals surface area contributed by atoms with Crippen LogP contribution in [0.15, 0.2) is 18.2 Å². The van der Waals surface area contributed by atoms with Crippen molar-refractivity contribution in [3.8, 4) is 0 Å². The van der Waals surface area contributed by atoms with E-state index in [4.69, 9.17) is 17.3 Å². The monoisotopic (exact) mass is 285 g/mol. The molecule has 1 rings (SSSR count). The number of halogens is 2. The van der Waals surface area contributed by atoms with Gasteiger partial charge in [0.2, 0.25) is 0 Å². The second-order valence-corrected chi connectivity index (χ2v) is 6.60. The highest BCUT2D eigenvalue weighted by atomic mass is 35.5. The normalized spacial score (nSPS) is 13.4. The number of carbonyl (C=O) groups excluding carboxylic acids is 1. The molecule has 0 spiro atoms. The van der Waals surface area contributed by atoms with Gasteiger partial charge in [-0.05, 0) is 29.5 Å². The van der Waals surface area contributed by atoms with E-state index in [1.54, 1.807) is 6.07 Å². The highest BCUT2D eigenvalue weighted by Crippen LogP contribution is 2.22. The van der Waals surface area contributed by atoms with Crippen LogP contribution in [0, 0.1) is 11.2 Å². The van der Waals surface area contributed by atoms with Crippen LogP contribution in [0.4, 0.5) is 4.39 Å². The van der Waals surface area contributed by atoms with E-state index < -0.39 is 5.82 Å². The maximum Gasteiger partial charge on any atom is 0.142 e. The molecule has 19 heavy (non-hydrogen) atoms. The zero-order chi connectivity index (χ0) is 14.6. The first-order chi connectivity index (χ1) is 8.67. The average Bonchev–Trinajstić information content (AvgIpc) is 2.20. The number of hydrogen-bond acceptors (Lipinski definition) is 2. The fourth-order valence-electron chi connectivity index (χ4n) is 2.10. The number of hydrogen-bond donors (Lipinski definition) is 1. The van der Waals surface area contributed by atoms with E-state index in [2.05, 4.69) is 20.8 Å². The van der Waals surface area contributed by atoms with Crippen LogP contribution < -0.4 is 5.73 Å². The van der Waals surface area contributed by atoms with Gasteiger partial charge in [0.1, 0.15) is 11.6 Å². The summed E-state index contributed by atoms with van der Waals surface area (Å²) in [5.41, 5.74) is 6.69. The fourth-order valence-corrected chi connectivity index (χ4v) is 2.22. The molecule has 0 fully saturated rings. The van der Waals surface area contributed by atoms with Crippen molar-refractivity contribution in [1.29, 1.82) is 0 Å². The van der Waals surface area contributed by atoms with E-state index in [1.807, 2.05) is 0 Å². The second kappa shape index (κ2) is 6.49. The van der Waals surface area contributed by atoms with Crippen molar-refractivity contribution in [1.82, 2.24) is 0 Å². The molecule has 106 valence electrons. The Balaban J connectivity index is 2.53. The summed E-state index contributed by atoms with van der Waals surface area (Å²) in [7, 11) is 0. The van der Waals surface area contributed by atoms with Gasteiger partial charge in [-0.15, -0.1) is 0 Å². The quantitative estimate of drug-likeness (QED) is 0.895. The predicted molar refractivity (Wildman–Crippen MR) is 76.8 cm³/mol. The van der Waals surface area contributed by atoms with Crippen molar-refractivity contribution in [2.75, 3.05) is 0 Å². The van der Waals surface area contributed by atoms with Gasteiger partial charge < -0.3 is 5.73 Å². The zero-order valence-electron chi connectivity index (χ0n) is 11.7. The first kappa shape index (κ1) is 16.1. The van der Waals surface area contributed by atoms with Gasteiger partial charge in [0.25, 0.3) is 0 Å². The van der Waals surface area contributed by atoms with Crippen LogP contribution >= 0.6 is 11.6 Å². The van der Waals surface area contributed by atoms with Crippen LogP contribution in [0.5, 0.6) is 0 Å². The van der Waals surface area contributed by atoms with Crippen LogP contribution in [0.25, 0.3) is 0 Å². The van der Waals surface area contributed by atoms with Gasteiger partial charge in [-0.2, -0.15) is 0 Å². The first-order valence-electron chi connectivity index (χ1n) is 6.38. The molecule has 2 nitrogen and oxygen atoms in total. The molecular formula is C15H21ClFNO. The summed E-state index contributed by atoms with van der Waals surface area (Å²) in [5, 5.41) is 0.0700. The molecule has 1 unspecified atom stereocenters. The maximum atomic E-state index is 13.2. The molecule has 0 bridgehead atoms. The van der Waals surface area contributed by atoms with E-state index in [9.17, 15) is 9.18 Å². The van der Waals surface area contributed by atoms with Gasteiger partial charge in [-0.1, -0.05) is 38.4 Å². The van der Waals surface area contributed by atoms with Gasteiger partial charge in [-0.25, -0.2) is 4.39 Å². The summed E-state index contributed by atoms with van der Waals surface area (Å²) in [5.74, 6) is -0.468. The molecule has 0 amide bonds. The molecule has 1 aromatic carbocycles. The first-order valence-corrected chi connectivity index (χ1v) is 6.76. The number of Topliss-reactive ketones (excluding diaryl/α,β-unsaturated/α-hetero) is 1. The Morgan fingerprint density at radius 1 is 1.42 bits per heavy atom. The van der Waals surface area contributed by atoms with Gasteiger partial charge >= 0.3 is 0 Å². The second-order valence-electron chi connectivity index (χ2n) is 6.19. The SMILES string of the molecule is CC(C)(C)CC(N)CC(=O)Cc1ccc(Cl)c(F)c1. The minimum atomic E-state index is -0.494. The Morgan fingerprint density at radius 2 is 2.05 bits per heavy atom. The van der Waals surface area contributed by atoms with Crippen LogP contribution in [0.3, 0.4) is 0 Å². The maximum absolute atomic E-state index is 13.2. The Bertz CT molecular complexity index is 454. The Hall–Kier alpha value is -0.930. The lowest BCUT2D eigenvalue weighted by Crippen LogP contribution is -2.29. The van der Waals surface area contributed by atoms with Crippen molar-refractivity contribution in [2.24, 2.45) is 11.1 Å². The van der Waals surface area contributed by atoms with Crippen molar-refractivity contribution in [3.63, 3.8) is 0 Å². The van der Waals surface area contributed by atoms with Crippen molar-refractivity contribution >= 4 is 17.4 Å². The molecule has 1 atom stereocenters. The van der Waals surface area contributed by atoms with Crippen molar-refractivity contribution in [3.05, 3.63) is 34.6 Å². The Kier molecular flexibility index (Phi) is 5.50. The van der Waals surface area contributed by atoms with Crippen LogP contribution in [0.2, 0.25) is 5.02 Å². The summed E-state index contributed by atoms with van der Waals surface area (Å²) >= 11 is 5.59. The lowest BCUT2D eigenvalue weighted by molar-refractivity contribution is -0.118. The third-order valence-corrected chi connectivity index (χ3v) is 3.06. The van der Waals surface area contributed by atoms with E-state index >= 15 is 0 Å². The van der Waals surface area contributed by atoms with E-state index in [1.165, 1.54) is 12.1 Å². The van der Waals surface area contributed by atoms with Crippen molar-refractivity contribution in [2.45, 2.75) is 46.1 Å². The molecule has 0 aliphatic carbocycles. The molecule has 4 heteroatoms. The van der Waals surface area contributed by atoms with Gasteiger partial charge in [0.05, 0.1) is 5.02 Å². The van der Waals surface area contributed by atoms with Gasteiger partial charge in [0, 0.05) is 18.9 Å². The zero-order valence-corrected chi connectivity index (χ0v) is 12.4. The lowest BCUT2D eigenvalue weighted by Gasteiger charge is -2.22. The summed E-state index contributed by atoms with van der Waals surface area (Å²) in [6.07, 6.45) is 1.31. The summed E-state index contributed by atoms with van der Waals surface area (Å²) in [6.45, 7) is 6.27. The topological polar surface area (TPSA) is 43.1 Å². The smallest absolute Gasteiger partial charge is 0.142 e. The summed E-state index contributed by atoms with van der Waals surface area (Å²) in [4.78, 5) is 11.9. The number of carbonyl (C=O) groups is 1. The van der Waals surface area contributed by atoms with Gasteiger partial charge in [0.15, 0.2) is 0 Å². The average molecular weight is 286 g/mol. The lowest BCUT2D eigenvalue weighted by atomic mass is 9.86. The van der Waals surface area contributed by atoms with Crippen molar-refractivity contribution < 1.29 is 9.18 Å². The molecule has 2 N–H and O–H groups in total. The molecule has 0 heterocycles. The molecule has 0 saturated heterocycles.